The molecule has 0 radical (unpaired) electrons. The molecular formula is C13H27Cl2N3O. The number of nitrogens with one attached hydrogen (secondary N) is 1. The largest absolute Gasteiger partial charge is 0.354 e. The van der Waals surface area contributed by atoms with Crippen molar-refractivity contribution in [3.8, 4) is 0 Å². The van der Waals surface area contributed by atoms with Crippen LogP contribution in [0.5, 0.6) is 0 Å². The summed E-state index contributed by atoms with van der Waals surface area (Å²) in [4.78, 5) is 14.2. The number of rotatable bonds is 5. The first-order chi connectivity index (χ1) is 8.14. The number of nitrogens with two attached hydrogens (primary N) is 1. The van der Waals surface area contributed by atoms with E-state index < -0.39 is 5.54 Å². The summed E-state index contributed by atoms with van der Waals surface area (Å²) in [7, 11) is 0. The number of nitrogens with zero attached hydrogens (tertiary/aromatic N) is 1. The van der Waals surface area contributed by atoms with Gasteiger partial charge >= 0.3 is 0 Å². The average molecular weight is 312 g/mol. The highest BCUT2D eigenvalue weighted by molar-refractivity contribution is 5.88. The van der Waals surface area contributed by atoms with E-state index in [0.717, 1.165) is 19.4 Å². The van der Waals surface area contributed by atoms with Gasteiger partial charge < -0.3 is 16.0 Å². The maximum absolute atomic E-state index is 11.7. The van der Waals surface area contributed by atoms with E-state index >= 15 is 0 Å². The minimum absolute atomic E-state index is 0. The van der Waals surface area contributed by atoms with Crippen molar-refractivity contribution in [1.82, 2.24) is 10.2 Å². The van der Waals surface area contributed by atoms with E-state index in [1.165, 1.54) is 38.9 Å². The Hall–Kier alpha value is -0.0300. The molecular weight excluding hydrogens is 285 g/mol. The van der Waals surface area contributed by atoms with Crippen LogP contribution in [0.2, 0.25) is 0 Å². The monoisotopic (exact) mass is 311 g/mol. The zero-order chi connectivity index (χ0) is 12.3. The number of carbonyl (C=O) groups is 1. The van der Waals surface area contributed by atoms with Gasteiger partial charge in [-0.1, -0.05) is 6.92 Å². The van der Waals surface area contributed by atoms with Crippen LogP contribution in [-0.4, -0.2) is 42.5 Å². The molecule has 114 valence electrons. The molecule has 6 heteroatoms. The lowest BCUT2D eigenvalue weighted by Crippen LogP contribution is -2.45. The van der Waals surface area contributed by atoms with Gasteiger partial charge in [0.2, 0.25) is 5.91 Å². The summed E-state index contributed by atoms with van der Waals surface area (Å²) >= 11 is 0. The van der Waals surface area contributed by atoms with Crippen molar-refractivity contribution in [2.24, 2.45) is 11.7 Å². The summed E-state index contributed by atoms with van der Waals surface area (Å²) in [6.07, 6.45) is 5.36. The van der Waals surface area contributed by atoms with E-state index in [2.05, 4.69) is 17.1 Å². The van der Waals surface area contributed by atoms with E-state index in [1.54, 1.807) is 0 Å². The van der Waals surface area contributed by atoms with Crippen molar-refractivity contribution in [1.29, 1.82) is 0 Å². The predicted octanol–water partition coefficient (Wildman–Crippen LogP) is 1.56. The van der Waals surface area contributed by atoms with Crippen molar-refractivity contribution in [2.75, 3.05) is 26.2 Å². The first-order valence-electron chi connectivity index (χ1n) is 6.93. The number of piperidine rings is 1. The number of likely N-dealkylation sites (tertiary alicyclic amines) is 1. The normalized spacial score (nSPS) is 22.0. The number of carbonyl (C=O) groups excluding carboxylic acids is 1. The zero-order valence-electron chi connectivity index (χ0n) is 11.7. The van der Waals surface area contributed by atoms with Gasteiger partial charge in [-0.25, -0.2) is 0 Å². The summed E-state index contributed by atoms with van der Waals surface area (Å²) in [5, 5.41) is 3.02. The molecule has 2 fully saturated rings. The minimum Gasteiger partial charge on any atom is -0.354 e. The second-order valence-corrected chi connectivity index (χ2v) is 5.65. The van der Waals surface area contributed by atoms with Gasteiger partial charge in [0.15, 0.2) is 0 Å². The minimum atomic E-state index is -0.511. The zero-order valence-corrected chi connectivity index (χ0v) is 13.3. The highest BCUT2D eigenvalue weighted by Gasteiger charge is 2.45. The van der Waals surface area contributed by atoms with Crippen molar-refractivity contribution in [3.05, 3.63) is 0 Å². The molecule has 0 spiro atoms. The van der Waals surface area contributed by atoms with Gasteiger partial charge in [-0.3, -0.25) is 4.79 Å². The Labute approximate surface area is 128 Å². The summed E-state index contributed by atoms with van der Waals surface area (Å²) < 4.78 is 0. The maximum atomic E-state index is 11.7. The predicted molar refractivity (Wildman–Crippen MR) is 83.1 cm³/mol. The SMILES string of the molecule is CCCN1CCC(CNC(=O)C2(N)CC2)CC1.Cl.Cl. The van der Waals surface area contributed by atoms with Crippen LogP contribution < -0.4 is 11.1 Å². The van der Waals surface area contributed by atoms with Crippen LogP contribution in [0.3, 0.4) is 0 Å². The van der Waals surface area contributed by atoms with Gasteiger partial charge in [0.05, 0.1) is 5.54 Å². The second-order valence-electron chi connectivity index (χ2n) is 5.65. The lowest BCUT2D eigenvalue weighted by molar-refractivity contribution is -0.123. The van der Waals surface area contributed by atoms with E-state index in [0.29, 0.717) is 5.92 Å². The lowest BCUT2D eigenvalue weighted by atomic mass is 9.96. The molecule has 0 aromatic carbocycles. The van der Waals surface area contributed by atoms with Crippen LogP contribution in [0.4, 0.5) is 0 Å². The fourth-order valence-electron chi connectivity index (χ4n) is 2.51. The summed E-state index contributed by atoms with van der Waals surface area (Å²) in [5.74, 6) is 0.711. The van der Waals surface area contributed by atoms with Crippen LogP contribution in [-0.2, 0) is 4.79 Å². The van der Waals surface area contributed by atoms with Crippen LogP contribution in [0, 0.1) is 5.92 Å². The molecule has 2 rings (SSSR count). The highest BCUT2D eigenvalue weighted by Crippen LogP contribution is 2.32. The fraction of sp³-hybridized carbons (Fsp3) is 0.923. The second kappa shape index (κ2) is 8.30. The van der Waals surface area contributed by atoms with E-state index in [9.17, 15) is 4.79 Å². The Kier molecular flexibility index (Phi) is 8.29. The first-order valence-corrected chi connectivity index (χ1v) is 6.93. The number of halogens is 2. The Morgan fingerprint density at radius 3 is 2.37 bits per heavy atom. The molecule has 1 amide bonds. The molecule has 4 nitrogen and oxygen atoms in total. The van der Waals surface area contributed by atoms with Gasteiger partial charge in [0, 0.05) is 6.54 Å². The molecule has 1 saturated carbocycles. The highest BCUT2D eigenvalue weighted by atomic mass is 35.5. The van der Waals surface area contributed by atoms with Crippen LogP contribution in [0.15, 0.2) is 0 Å². The Morgan fingerprint density at radius 1 is 1.32 bits per heavy atom. The van der Waals surface area contributed by atoms with Gasteiger partial charge in [-0.2, -0.15) is 0 Å². The topological polar surface area (TPSA) is 58.4 Å². The van der Waals surface area contributed by atoms with E-state index in [4.69, 9.17) is 5.73 Å². The quantitative estimate of drug-likeness (QED) is 0.810. The van der Waals surface area contributed by atoms with Gasteiger partial charge in [0.25, 0.3) is 0 Å². The number of hydrogen-bond acceptors (Lipinski definition) is 3. The third-order valence-corrected chi connectivity index (χ3v) is 4.04. The first kappa shape index (κ1) is 19.0. The fourth-order valence-corrected chi connectivity index (χ4v) is 2.51. The molecule has 0 aromatic rings. The van der Waals surface area contributed by atoms with E-state index in [-0.39, 0.29) is 30.7 Å². The Morgan fingerprint density at radius 2 is 1.89 bits per heavy atom. The molecule has 2 aliphatic rings. The maximum Gasteiger partial charge on any atom is 0.240 e. The molecule has 1 heterocycles. The smallest absolute Gasteiger partial charge is 0.240 e. The molecule has 0 atom stereocenters. The molecule has 3 N–H and O–H groups in total. The summed E-state index contributed by atoms with van der Waals surface area (Å²) in [6.45, 7) is 6.62. The van der Waals surface area contributed by atoms with Crippen LogP contribution >= 0.6 is 24.8 Å². The Balaban J connectivity index is 0.00000162. The summed E-state index contributed by atoms with van der Waals surface area (Å²) in [5.41, 5.74) is 5.34. The van der Waals surface area contributed by atoms with Crippen molar-refractivity contribution in [3.63, 3.8) is 0 Å². The Bertz CT molecular complexity index is 277. The molecule has 1 aliphatic heterocycles. The number of hydrogen-bond donors (Lipinski definition) is 2. The molecule has 19 heavy (non-hydrogen) atoms. The number of amides is 1. The van der Waals surface area contributed by atoms with Gasteiger partial charge in [-0.05, 0) is 57.7 Å². The molecule has 1 saturated heterocycles. The molecule has 0 aromatic heterocycles. The average Bonchev–Trinajstić information content (AvgIpc) is 3.08. The standard InChI is InChI=1S/C13H25N3O.2ClH/c1-2-7-16-8-3-11(4-9-16)10-15-12(17)13(14)5-6-13;;/h11H,2-10,14H2,1H3,(H,15,17);2*1H. The molecule has 0 bridgehead atoms. The van der Waals surface area contributed by atoms with Crippen molar-refractivity contribution >= 4 is 30.7 Å². The van der Waals surface area contributed by atoms with E-state index in [1.807, 2.05) is 0 Å². The van der Waals surface area contributed by atoms with Crippen molar-refractivity contribution in [2.45, 2.75) is 44.6 Å². The molecule has 0 unspecified atom stereocenters. The van der Waals surface area contributed by atoms with Crippen LogP contribution in [0.25, 0.3) is 0 Å². The lowest BCUT2D eigenvalue weighted by Gasteiger charge is -2.31. The third-order valence-electron chi connectivity index (χ3n) is 4.04. The van der Waals surface area contributed by atoms with Crippen LogP contribution in [0.1, 0.15) is 39.0 Å². The molecule has 1 aliphatic carbocycles. The van der Waals surface area contributed by atoms with Gasteiger partial charge in [0.1, 0.15) is 0 Å². The summed E-state index contributed by atoms with van der Waals surface area (Å²) in [6, 6.07) is 0. The third kappa shape index (κ3) is 5.46. The van der Waals surface area contributed by atoms with Crippen molar-refractivity contribution < 1.29 is 4.79 Å². The van der Waals surface area contributed by atoms with Gasteiger partial charge in [-0.15, -0.1) is 24.8 Å².